The van der Waals surface area contributed by atoms with E-state index in [0.717, 1.165) is 38.5 Å². The molecule has 1 aliphatic heterocycles. The molecule has 1 heterocycles. The number of nitrogens with zero attached hydrogens (tertiary/aromatic N) is 1. The first-order valence-electron chi connectivity index (χ1n) is 17.2. The van der Waals surface area contributed by atoms with Crippen molar-refractivity contribution in [3.63, 3.8) is 0 Å². The molecule has 0 aromatic rings. The lowest BCUT2D eigenvalue weighted by Gasteiger charge is -2.42. The van der Waals surface area contributed by atoms with Crippen molar-refractivity contribution in [3.8, 4) is 0 Å². The molecule has 5 fully saturated rings. The highest BCUT2D eigenvalue weighted by molar-refractivity contribution is 5.72. The number of rotatable bonds is 11. The number of ether oxygens (including phenoxy) is 4. The van der Waals surface area contributed by atoms with Gasteiger partial charge in [-0.3, -0.25) is 20.2 Å². The number of alkyl halides is 3. The summed E-state index contributed by atoms with van der Waals surface area (Å²) in [4.78, 5) is 24.0. The van der Waals surface area contributed by atoms with Crippen molar-refractivity contribution in [1.29, 1.82) is 0 Å². The van der Waals surface area contributed by atoms with Crippen molar-refractivity contribution in [2.24, 2.45) is 17.8 Å². The van der Waals surface area contributed by atoms with Crippen molar-refractivity contribution < 1.29 is 41.8 Å². The van der Waals surface area contributed by atoms with Gasteiger partial charge < -0.3 is 18.9 Å². The fourth-order valence-electron chi connectivity index (χ4n) is 7.89. The quantitative estimate of drug-likeness (QED) is 0.125. The number of piperidine rings is 1. The summed E-state index contributed by atoms with van der Waals surface area (Å²) in [6.45, 7) is 0.894. The smallest absolute Gasteiger partial charge is 0.308 e. The van der Waals surface area contributed by atoms with E-state index < -0.39 is 55.3 Å². The highest BCUT2D eigenvalue weighted by atomic mass is 19.2. The molecule has 4 saturated carbocycles. The van der Waals surface area contributed by atoms with Gasteiger partial charge in [-0.15, -0.1) is 0 Å². The molecule has 0 radical (unpaired) electrons. The van der Waals surface area contributed by atoms with Crippen LogP contribution < -0.4 is 5.32 Å². The first-order valence-corrected chi connectivity index (χ1v) is 17.2. The number of carbonyl (C=O) groups excluding carboxylic acids is 1. The normalized spacial score (nSPS) is 39.5. The van der Waals surface area contributed by atoms with Gasteiger partial charge in [-0.1, -0.05) is 38.5 Å². The van der Waals surface area contributed by atoms with Crippen LogP contribution in [0.3, 0.4) is 0 Å². The zero-order valence-corrected chi connectivity index (χ0v) is 25.8. The Morgan fingerprint density at radius 3 is 2.00 bits per heavy atom. The molecule has 44 heavy (non-hydrogen) atoms. The topological polar surface area (TPSA) is 109 Å². The second kappa shape index (κ2) is 16.4. The van der Waals surface area contributed by atoms with Crippen LogP contribution >= 0.6 is 0 Å². The summed E-state index contributed by atoms with van der Waals surface area (Å²) in [6.07, 6.45) is 2.51. The van der Waals surface area contributed by atoms with E-state index in [1.807, 2.05) is 0 Å². The second-order valence-corrected chi connectivity index (χ2v) is 13.9. The van der Waals surface area contributed by atoms with Gasteiger partial charge in [0.15, 0.2) is 18.6 Å². The zero-order chi connectivity index (χ0) is 31.1. The van der Waals surface area contributed by atoms with Crippen molar-refractivity contribution >= 4 is 5.97 Å². The Balaban J connectivity index is 1.09. The van der Waals surface area contributed by atoms with Gasteiger partial charge in [0.1, 0.15) is 18.4 Å². The Hall–Kier alpha value is -1.50. The van der Waals surface area contributed by atoms with Crippen molar-refractivity contribution in [2.75, 3.05) is 13.2 Å². The van der Waals surface area contributed by atoms with Crippen LogP contribution in [0.1, 0.15) is 109 Å². The number of nitrogens with one attached hydrogen (secondary N) is 1. The average Bonchev–Trinajstić information content (AvgIpc) is 3.04. The molecule has 0 amide bonds. The summed E-state index contributed by atoms with van der Waals surface area (Å²) >= 11 is 0. The number of esters is 1. The van der Waals surface area contributed by atoms with Crippen LogP contribution in [0.15, 0.2) is 0 Å². The van der Waals surface area contributed by atoms with E-state index >= 15 is 4.39 Å². The summed E-state index contributed by atoms with van der Waals surface area (Å²) < 4.78 is 68.8. The second-order valence-electron chi connectivity index (χ2n) is 13.9. The van der Waals surface area contributed by atoms with Gasteiger partial charge >= 0.3 is 5.97 Å². The van der Waals surface area contributed by atoms with E-state index in [1.165, 1.54) is 25.7 Å². The molecule has 8 unspecified atom stereocenters. The van der Waals surface area contributed by atoms with Crippen LogP contribution in [0, 0.1) is 27.9 Å². The number of hydrogen-bond acceptors (Lipinski definition) is 8. The summed E-state index contributed by atoms with van der Waals surface area (Å²) in [7, 11) is 0. The third kappa shape index (κ3) is 9.06. The molecular weight excluding hydrogens is 581 g/mol. The fourth-order valence-corrected chi connectivity index (χ4v) is 7.89. The van der Waals surface area contributed by atoms with E-state index in [9.17, 15) is 23.7 Å². The Bertz CT molecular complexity index is 914. The van der Waals surface area contributed by atoms with Crippen molar-refractivity contribution in [2.45, 2.75) is 164 Å². The summed E-state index contributed by atoms with van der Waals surface area (Å²) in [5, 5.41) is 14.0. The van der Waals surface area contributed by atoms with E-state index in [-0.39, 0.29) is 36.1 Å². The van der Waals surface area contributed by atoms with E-state index in [2.05, 4.69) is 5.32 Å². The molecule has 5 rings (SSSR count). The lowest BCUT2D eigenvalue weighted by atomic mass is 9.87. The van der Waals surface area contributed by atoms with Crippen LogP contribution in [0.2, 0.25) is 0 Å². The molecule has 252 valence electrons. The molecule has 0 bridgehead atoms. The minimum absolute atomic E-state index is 0.130. The summed E-state index contributed by atoms with van der Waals surface area (Å²) in [5.41, 5.74) is 0. The SMILES string of the molecule is O=C(OCC1CCCCC1)C1CCC(OC2NC(F)C(F)C(OC3CCC([N+](=O)[O-])C(OCC4CCCCC4)C3)C2F)CC1. The highest BCUT2D eigenvalue weighted by Crippen LogP contribution is 2.35. The van der Waals surface area contributed by atoms with Gasteiger partial charge in [0.25, 0.3) is 0 Å². The summed E-state index contributed by atoms with van der Waals surface area (Å²) in [6, 6.07) is -0.904. The first-order chi connectivity index (χ1) is 21.3. The third-order valence-corrected chi connectivity index (χ3v) is 10.7. The van der Waals surface area contributed by atoms with Gasteiger partial charge in [-0.2, -0.15) is 0 Å². The minimum atomic E-state index is -2.26. The predicted molar refractivity (Wildman–Crippen MR) is 156 cm³/mol. The van der Waals surface area contributed by atoms with Crippen molar-refractivity contribution in [3.05, 3.63) is 10.1 Å². The maximum Gasteiger partial charge on any atom is 0.308 e. The van der Waals surface area contributed by atoms with Gasteiger partial charge in [0.05, 0.1) is 31.3 Å². The Morgan fingerprint density at radius 1 is 0.750 bits per heavy atom. The highest BCUT2D eigenvalue weighted by Gasteiger charge is 2.50. The van der Waals surface area contributed by atoms with E-state index in [4.69, 9.17) is 18.9 Å². The van der Waals surface area contributed by atoms with E-state index in [1.54, 1.807) is 0 Å². The fraction of sp³-hybridized carbons (Fsp3) is 0.969. The van der Waals surface area contributed by atoms with Gasteiger partial charge in [-0.25, -0.2) is 13.2 Å². The van der Waals surface area contributed by atoms with Gasteiger partial charge in [-0.05, 0) is 69.6 Å². The van der Waals surface area contributed by atoms with Gasteiger partial charge in [0, 0.05) is 17.8 Å². The number of hydrogen-bond donors (Lipinski definition) is 1. The van der Waals surface area contributed by atoms with Crippen LogP contribution in [0.4, 0.5) is 13.2 Å². The average molecular weight is 633 g/mol. The molecule has 4 aliphatic carbocycles. The monoisotopic (exact) mass is 632 g/mol. The van der Waals surface area contributed by atoms with Crippen LogP contribution in [0.25, 0.3) is 0 Å². The standard InChI is InChI=1S/C32H51F3N2O7/c33-27-29(43-24-15-16-25(37(39)40)26(17-24)41-18-20-7-3-1-4-8-20)28(34)31(36-30(27)35)44-23-13-11-22(12-14-23)32(38)42-19-21-9-5-2-6-10-21/h20-31,36H,1-19H2. The largest absolute Gasteiger partial charge is 0.465 e. The van der Waals surface area contributed by atoms with Gasteiger partial charge in [0.2, 0.25) is 6.04 Å². The molecule has 0 spiro atoms. The third-order valence-electron chi connectivity index (χ3n) is 10.7. The lowest BCUT2D eigenvalue weighted by molar-refractivity contribution is -0.540. The minimum Gasteiger partial charge on any atom is -0.465 e. The molecule has 1 saturated heterocycles. The predicted octanol–water partition coefficient (Wildman–Crippen LogP) is 6.13. The molecule has 0 aromatic carbocycles. The summed E-state index contributed by atoms with van der Waals surface area (Å²) in [5.74, 6) is 0.373. The van der Waals surface area contributed by atoms with Crippen LogP contribution in [0.5, 0.6) is 0 Å². The molecule has 9 nitrogen and oxygen atoms in total. The van der Waals surface area contributed by atoms with Crippen molar-refractivity contribution in [1.82, 2.24) is 5.32 Å². The Labute approximate surface area is 258 Å². The molecule has 1 N–H and O–H groups in total. The Kier molecular flexibility index (Phi) is 12.6. The zero-order valence-electron chi connectivity index (χ0n) is 25.8. The first kappa shape index (κ1) is 33.9. The lowest BCUT2D eigenvalue weighted by Crippen LogP contribution is -2.63. The number of nitro groups is 1. The molecular formula is C32H51F3N2O7. The maximum absolute atomic E-state index is 15.7. The maximum atomic E-state index is 15.7. The Morgan fingerprint density at radius 2 is 1.36 bits per heavy atom. The molecule has 5 aliphatic rings. The van der Waals surface area contributed by atoms with E-state index in [0.29, 0.717) is 50.7 Å². The van der Waals surface area contributed by atoms with Crippen LogP contribution in [-0.2, 0) is 23.7 Å². The number of carbonyl (C=O) groups is 1. The van der Waals surface area contributed by atoms with Crippen LogP contribution in [-0.4, -0.2) is 79.4 Å². The molecule has 8 atom stereocenters. The number of halogens is 3. The molecule has 0 aromatic heterocycles. The molecule has 12 heteroatoms.